The summed E-state index contributed by atoms with van der Waals surface area (Å²) < 4.78 is -1.97. The van der Waals surface area contributed by atoms with Gasteiger partial charge in [-0.1, -0.05) is 77.3 Å². The van der Waals surface area contributed by atoms with Crippen molar-refractivity contribution in [2.75, 3.05) is 5.32 Å². The summed E-state index contributed by atoms with van der Waals surface area (Å²) in [6.07, 6.45) is -1.22. The number of amides is 1. The zero-order chi connectivity index (χ0) is 22.6. The van der Waals surface area contributed by atoms with Gasteiger partial charge in [0.15, 0.2) is 5.11 Å². The minimum absolute atomic E-state index is 0.0307. The number of non-ortho nitro benzene ring substituents is 1. The van der Waals surface area contributed by atoms with Gasteiger partial charge in [-0.3, -0.25) is 14.9 Å². The lowest BCUT2D eigenvalue weighted by atomic mass is 10.1. The van der Waals surface area contributed by atoms with Crippen LogP contribution in [-0.2, 0) is 0 Å². The van der Waals surface area contributed by atoms with Crippen molar-refractivity contribution in [2.24, 2.45) is 0 Å². The third kappa shape index (κ3) is 5.95. The fourth-order valence-corrected chi connectivity index (χ4v) is 3.35. The minimum Gasteiger partial charge on any atom is -0.339 e. The lowest BCUT2D eigenvalue weighted by molar-refractivity contribution is -0.384. The lowest BCUT2D eigenvalue weighted by Crippen LogP contribution is -2.56. The van der Waals surface area contributed by atoms with Gasteiger partial charge in [-0.15, -0.1) is 0 Å². The zero-order valence-electron chi connectivity index (χ0n) is 15.6. The van der Waals surface area contributed by atoms with Crippen molar-refractivity contribution < 1.29 is 9.72 Å². The van der Waals surface area contributed by atoms with Crippen LogP contribution in [0.1, 0.15) is 10.4 Å². The molecule has 3 N–H and O–H groups in total. The van der Waals surface area contributed by atoms with E-state index in [1.54, 1.807) is 0 Å². The Morgan fingerprint density at radius 3 is 2.39 bits per heavy atom. The average molecular weight is 498 g/mol. The molecule has 0 aromatic heterocycles. The summed E-state index contributed by atoms with van der Waals surface area (Å²) in [5.74, 6) is -0.680. The van der Waals surface area contributed by atoms with Crippen LogP contribution in [0.2, 0.25) is 0 Å². The second-order valence-corrected chi connectivity index (χ2v) is 9.16. The topological polar surface area (TPSA) is 96.3 Å². The fraction of sp³-hybridized carbons (Fsp3) is 0.100. The number of hydrogen-bond acceptors (Lipinski definition) is 4. The van der Waals surface area contributed by atoms with E-state index >= 15 is 0 Å². The summed E-state index contributed by atoms with van der Waals surface area (Å²) in [5.41, 5.74) is 0.519. The van der Waals surface area contributed by atoms with E-state index in [2.05, 4.69) is 16.0 Å². The summed E-state index contributed by atoms with van der Waals surface area (Å²) in [5, 5.41) is 21.3. The molecular weight excluding hydrogens is 483 g/mol. The summed E-state index contributed by atoms with van der Waals surface area (Å²) in [7, 11) is 0. The molecule has 0 spiro atoms. The van der Waals surface area contributed by atoms with Crippen molar-refractivity contribution in [3.63, 3.8) is 0 Å². The van der Waals surface area contributed by atoms with Gasteiger partial charge in [-0.25, -0.2) is 0 Å². The molecular formula is C20H15Cl3N4O3S. The molecule has 0 heterocycles. The molecule has 0 saturated carbocycles. The molecule has 0 radical (unpaired) electrons. The van der Waals surface area contributed by atoms with E-state index < -0.39 is 20.8 Å². The van der Waals surface area contributed by atoms with Crippen LogP contribution >= 0.6 is 47.0 Å². The summed E-state index contributed by atoms with van der Waals surface area (Å²) in [6.45, 7) is 0. The highest BCUT2D eigenvalue weighted by Crippen LogP contribution is 2.30. The number of nitro groups is 1. The first-order chi connectivity index (χ1) is 14.6. The van der Waals surface area contributed by atoms with Gasteiger partial charge in [0.25, 0.3) is 11.6 Å². The molecule has 0 aliphatic carbocycles. The van der Waals surface area contributed by atoms with Gasteiger partial charge in [-0.2, -0.15) is 0 Å². The second-order valence-electron chi connectivity index (χ2n) is 6.38. The van der Waals surface area contributed by atoms with E-state index in [1.807, 2.05) is 42.5 Å². The Labute approximate surface area is 197 Å². The number of hydrogen-bond donors (Lipinski definition) is 3. The number of nitrogens with one attached hydrogen (secondary N) is 3. The average Bonchev–Trinajstić information content (AvgIpc) is 2.73. The van der Waals surface area contributed by atoms with E-state index in [1.165, 1.54) is 18.2 Å². The van der Waals surface area contributed by atoms with Crippen molar-refractivity contribution in [3.8, 4) is 0 Å². The van der Waals surface area contributed by atoms with E-state index in [0.29, 0.717) is 0 Å². The first kappa shape index (κ1) is 23.0. The highest BCUT2D eigenvalue weighted by atomic mass is 35.6. The minimum atomic E-state index is -1.97. The molecule has 0 unspecified atom stereocenters. The third-order valence-corrected chi connectivity index (χ3v) is 5.11. The van der Waals surface area contributed by atoms with Gasteiger partial charge in [0.05, 0.1) is 4.92 Å². The maximum Gasteiger partial charge on any atom is 0.270 e. The Hall–Kier alpha value is -2.65. The Morgan fingerprint density at radius 1 is 1.00 bits per heavy atom. The number of anilines is 1. The van der Waals surface area contributed by atoms with Crippen molar-refractivity contribution in [3.05, 3.63) is 82.4 Å². The molecule has 160 valence electrons. The van der Waals surface area contributed by atoms with E-state index in [0.717, 1.165) is 22.5 Å². The number of carbonyl (C=O) groups excluding carboxylic acids is 1. The third-order valence-electron chi connectivity index (χ3n) is 4.24. The number of fused-ring (bicyclic) bond motifs is 1. The molecule has 1 atom stereocenters. The number of benzene rings is 3. The predicted octanol–water partition coefficient (Wildman–Crippen LogP) is 5.16. The fourth-order valence-electron chi connectivity index (χ4n) is 2.80. The predicted molar refractivity (Wildman–Crippen MR) is 128 cm³/mol. The van der Waals surface area contributed by atoms with Crippen LogP contribution in [0, 0.1) is 10.1 Å². The molecule has 0 saturated heterocycles. The summed E-state index contributed by atoms with van der Waals surface area (Å²) in [4.78, 5) is 22.9. The highest BCUT2D eigenvalue weighted by molar-refractivity contribution is 7.80. The Bertz CT molecular complexity index is 1150. The smallest absolute Gasteiger partial charge is 0.270 e. The number of carbonyl (C=O) groups is 1. The van der Waals surface area contributed by atoms with Crippen LogP contribution in [0.15, 0.2) is 66.7 Å². The molecule has 31 heavy (non-hydrogen) atoms. The van der Waals surface area contributed by atoms with Crippen molar-refractivity contribution in [1.29, 1.82) is 0 Å². The monoisotopic (exact) mass is 496 g/mol. The number of thiocarbonyl (C=S) groups is 1. The summed E-state index contributed by atoms with van der Waals surface area (Å²) in [6, 6.07) is 18.5. The first-order valence-corrected chi connectivity index (χ1v) is 10.4. The highest BCUT2D eigenvalue weighted by Gasteiger charge is 2.35. The molecule has 0 aliphatic heterocycles. The first-order valence-electron chi connectivity index (χ1n) is 8.82. The number of alkyl halides is 3. The van der Waals surface area contributed by atoms with Crippen LogP contribution < -0.4 is 16.0 Å². The molecule has 11 heteroatoms. The molecule has 1 amide bonds. The maximum atomic E-state index is 12.6. The van der Waals surface area contributed by atoms with Gasteiger partial charge >= 0.3 is 0 Å². The van der Waals surface area contributed by atoms with Gasteiger partial charge in [0, 0.05) is 28.8 Å². The van der Waals surface area contributed by atoms with Crippen molar-refractivity contribution in [2.45, 2.75) is 9.96 Å². The van der Waals surface area contributed by atoms with Gasteiger partial charge < -0.3 is 16.0 Å². The molecule has 7 nitrogen and oxygen atoms in total. The van der Waals surface area contributed by atoms with Crippen LogP contribution in [0.3, 0.4) is 0 Å². The lowest BCUT2D eigenvalue weighted by Gasteiger charge is -2.28. The molecule has 0 bridgehead atoms. The number of halogens is 3. The van der Waals surface area contributed by atoms with Crippen LogP contribution in [-0.4, -0.2) is 25.9 Å². The standard InChI is InChI=1S/C20H15Cl3N4O3S/c21-20(22,23)18(25-17(28)13-7-3-8-14(11-13)27(29)30)26-19(31)24-16-10-4-6-12-5-1-2-9-15(12)16/h1-11,18H,(H,25,28)(H2,24,26,31)/t18-/m1/s1. The van der Waals surface area contributed by atoms with Gasteiger partial charge in [0.1, 0.15) is 6.17 Å². The van der Waals surface area contributed by atoms with Gasteiger partial charge in [0.2, 0.25) is 3.79 Å². The molecule has 3 rings (SSSR count). The van der Waals surface area contributed by atoms with E-state index in [4.69, 9.17) is 47.0 Å². The number of nitro benzene ring substituents is 1. The van der Waals surface area contributed by atoms with E-state index in [-0.39, 0.29) is 16.4 Å². The van der Waals surface area contributed by atoms with E-state index in [9.17, 15) is 14.9 Å². The second kappa shape index (κ2) is 9.65. The Balaban J connectivity index is 1.75. The van der Waals surface area contributed by atoms with Crippen LogP contribution in [0.4, 0.5) is 11.4 Å². The maximum absolute atomic E-state index is 12.6. The van der Waals surface area contributed by atoms with Crippen LogP contribution in [0.25, 0.3) is 10.8 Å². The summed E-state index contributed by atoms with van der Waals surface area (Å²) >= 11 is 23.4. The zero-order valence-corrected chi connectivity index (χ0v) is 18.7. The molecule has 3 aromatic rings. The SMILES string of the molecule is O=C(N[C@H](NC(=S)Nc1cccc2ccccc12)C(Cl)(Cl)Cl)c1cccc([N+](=O)[O-])c1. The van der Waals surface area contributed by atoms with Crippen molar-refractivity contribution >= 4 is 80.2 Å². The Morgan fingerprint density at radius 2 is 1.68 bits per heavy atom. The molecule has 0 fully saturated rings. The van der Waals surface area contributed by atoms with Crippen LogP contribution in [0.5, 0.6) is 0 Å². The van der Waals surface area contributed by atoms with Gasteiger partial charge in [-0.05, 0) is 29.7 Å². The number of rotatable bonds is 5. The molecule has 3 aromatic carbocycles. The Kier molecular flexibility index (Phi) is 7.17. The quantitative estimate of drug-likeness (QED) is 0.148. The largest absolute Gasteiger partial charge is 0.339 e. The normalized spacial score (nSPS) is 12.1. The van der Waals surface area contributed by atoms with Crippen molar-refractivity contribution in [1.82, 2.24) is 10.6 Å². The number of nitrogens with zero attached hydrogens (tertiary/aromatic N) is 1. The molecule has 0 aliphatic rings.